The Morgan fingerprint density at radius 2 is 2.17 bits per heavy atom. The average molecular weight is 334 g/mol. The van der Waals surface area contributed by atoms with E-state index in [1.165, 1.54) is 24.5 Å². The van der Waals surface area contributed by atoms with Crippen LogP contribution in [0.3, 0.4) is 0 Å². The van der Waals surface area contributed by atoms with Crippen molar-refractivity contribution >= 4 is 28.1 Å². The number of thiophene rings is 1. The Labute approximate surface area is 134 Å². The van der Waals surface area contributed by atoms with Crippen LogP contribution in [0.5, 0.6) is 5.75 Å². The normalized spacial score (nSPS) is 10.7. The molecule has 0 saturated carbocycles. The summed E-state index contributed by atoms with van der Waals surface area (Å²) < 4.78 is 32.4. The van der Waals surface area contributed by atoms with Gasteiger partial charge in [-0.15, -0.1) is 11.3 Å². The SMILES string of the molecule is COc1cc(C(=O)NCc2cccs2)nc2c(F)cc(F)cc12. The van der Waals surface area contributed by atoms with Gasteiger partial charge in [0.15, 0.2) is 5.82 Å². The van der Waals surface area contributed by atoms with E-state index in [1.54, 1.807) is 0 Å². The Balaban J connectivity index is 1.96. The molecule has 1 N–H and O–H groups in total. The molecule has 7 heteroatoms. The molecule has 118 valence electrons. The van der Waals surface area contributed by atoms with Crippen molar-refractivity contribution in [2.24, 2.45) is 0 Å². The number of carbonyl (C=O) groups is 1. The molecule has 0 saturated heterocycles. The highest BCUT2D eigenvalue weighted by Crippen LogP contribution is 2.28. The lowest BCUT2D eigenvalue weighted by atomic mass is 10.1. The Hall–Kier alpha value is -2.54. The molecule has 0 radical (unpaired) electrons. The molecule has 0 fully saturated rings. The number of nitrogens with zero attached hydrogens (tertiary/aromatic N) is 1. The summed E-state index contributed by atoms with van der Waals surface area (Å²) >= 11 is 1.51. The Bertz CT molecular complexity index is 866. The number of amides is 1. The quantitative estimate of drug-likeness (QED) is 0.794. The smallest absolute Gasteiger partial charge is 0.270 e. The maximum Gasteiger partial charge on any atom is 0.270 e. The third-order valence-electron chi connectivity index (χ3n) is 3.25. The molecule has 23 heavy (non-hydrogen) atoms. The number of ether oxygens (including phenoxy) is 1. The van der Waals surface area contributed by atoms with Gasteiger partial charge in [-0.05, 0) is 17.5 Å². The molecule has 0 aliphatic rings. The maximum atomic E-state index is 13.9. The molecule has 2 heterocycles. The molecule has 0 atom stereocenters. The minimum absolute atomic E-state index is 0.0106. The molecule has 2 aromatic heterocycles. The van der Waals surface area contributed by atoms with Crippen molar-refractivity contribution in [3.63, 3.8) is 0 Å². The monoisotopic (exact) mass is 334 g/mol. The first-order chi connectivity index (χ1) is 11.1. The Morgan fingerprint density at radius 3 is 2.87 bits per heavy atom. The third-order valence-corrected chi connectivity index (χ3v) is 4.13. The van der Waals surface area contributed by atoms with Gasteiger partial charge in [-0.3, -0.25) is 4.79 Å². The number of rotatable bonds is 4. The van der Waals surface area contributed by atoms with Gasteiger partial charge < -0.3 is 10.1 Å². The summed E-state index contributed by atoms with van der Waals surface area (Å²) in [6.45, 7) is 0.352. The summed E-state index contributed by atoms with van der Waals surface area (Å²) in [5.41, 5.74) is -0.0940. The summed E-state index contributed by atoms with van der Waals surface area (Å²) in [6.07, 6.45) is 0. The van der Waals surface area contributed by atoms with Crippen LogP contribution in [0.4, 0.5) is 8.78 Å². The lowest BCUT2D eigenvalue weighted by Crippen LogP contribution is -2.23. The zero-order valence-electron chi connectivity index (χ0n) is 12.1. The molecule has 0 spiro atoms. The minimum Gasteiger partial charge on any atom is -0.496 e. The molecule has 0 aliphatic heterocycles. The van der Waals surface area contributed by atoms with Crippen LogP contribution in [-0.4, -0.2) is 18.0 Å². The van der Waals surface area contributed by atoms with E-state index in [-0.39, 0.29) is 22.3 Å². The highest BCUT2D eigenvalue weighted by atomic mass is 32.1. The van der Waals surface area contributed by atoms with E-state index in [4.69, 9.17) is 4.74 Å². The Morgan fingerprint density at radius 1 is 1.35 bits per heavy atom. The number of nitrogens with one attached hydrogen (secondary N) is 1. The van der Waals surface area contributed by atoms with E-state index < -0.39 is 17.5 Å². The van der Waals surface area contributed by atoms with Gasteiger partial charge >= 0.3 is 0 Å². The number of pyridine rings is 1. The standard InChI is InChI=1S/C16H12F2N2O2S/c1-22-14-7-13(16(21)19-8-10-3-2-4-23-10)20-15-11(14)5-9(17)6-12(15)18/h2-7H,8H2,1H3,(H,19,21). The fourth-order valence-electron chi connectivity index (χ4n) is 2.18. The number of benzene rings is 1. The second kappa shape index (κ2) is 6.29. The topological polar surface area (TPSA) is 51.2 Å². The predicted octanol–water partition coefficient (Wildman–Crippen LogP) is 3.51. The van der Waals surface area contributed by atoms with Gasteiger partial charge in [-0.2, -0.15) is 0 Å². The first-order valence-corrected chi connectivity index (χ1v) is 7.61. The molecule has 1 amide bonds. The van der Waals surface area contributed by atoms with Crippen molar-refractivity contribution in [2.75, 3.05) is 7.11 Å². The first-order valence-electron chi connectivity index (χ1n) is 6.73. The molecule has 0 aliphatic carbocycles. The molecule has 3 aromatic rings. The number of hydrogen-bond donors (Lipinski definition) is 1. The molecular formula is C16H12F2N2O2S. The Kier molecular flexibility index (Phi) is 4.20. The summed E-state index contributed by atoms with van der Waals surface area (Å²) in [5, 5.41) is 4.79. The van der Waals surface area contributed by atoms with Crippen molar-refractivity contribution in [3.8, 4) is 5.75 Å². The first kappa shape index (κ1) is 15.4. The zero-order chi connectivity index (χ0) is 16.4. The number of aromatic nitrogens is 1. The van der Waals surface area contributed by atoms with Crippen LogP contribution in [0.2, 0.25) is 0 Å². The van der Waals surface area contributed by atoms with Crippen LogP contribution in [-0.2, 0) is 6.54 Å². The summed E-state index contributed by atoms with van der Waals surface area (Å²) in [4.78, 5) is 17.2. The number of carbonyl (C=O) groups excluding carboxylic acids is 1. The number of fused-ring (bicyclic) bond motifs is 1. The zero-order valence-corrected chi connectivity index (χ0v) is 12.9. The van der Waals surface area contributed by atoms with E-state index in [0.717, 1.165) is 17.0 Å². The van der Waals surface area contributed by atoms with E-state index in [9.17, 15) is 13.6 Å². The van der Waals surface area contributed by atoms with Gasteiger partial charge in [-0.1, -0.05) is 6.07 Å². The molecule has 0 bridgehead atoms. The van der Waals surface area contributed by atoms with Gasteiger partial charge in [0, 0.05) is 22.4 Å². The highest BCUT2D eigenvalue weighted by Gasteiger charge is 2.16. The van der Waals surface area contributed by atoms with Crippen molar-refractivity contribution in [1.29, 1.82) is 0 Å². The van der Waals surface area contributed by atoms with Crippen molar-refractivity contribution < 1.29 is 18.3 Å². The molecule has 3 rings (SSSR count). The van der Waals surface area contributed by atoms with Crippen LogP contribution >= 0.6 is 11.3 Å². The number of hydrogen-bond acceptors (Lipinski definition) is 4. The van der Waals surface area contributed by atoms with Crippen molar-refractivity contribution in [2.45, 2.75) is 6.54 Å². The van der Waals surface area contributed by atoms with Crippen LogP contribution in [0, 0.1) is 11.6 Å². The lowest BCUT2D eigenvalue weighted by Gasteiger charge is -2.09. The molecular weight excluding hydrogens is 322 g/mol. The van der Waals surface area contributed by atoms with E-state index in [0.29, 0.717) is 6.54 Å². The highest BCUT2D eigenvalue weighted by molar-refractivity contribution is 7.09. The summed E-state index contributed by atoms with van der Waals surface area (Å²) in [7, 11) is 1.37. The van der Waals surface area contributed by atoms with Gasteiger partial charge in [0.2, 0.25) is 0 Å². The lowest BCUT2D eigenvalue weighted by molar-refractivity contribution is 0.0946. The fourth-order valence-corrected chi connectivity index (χ4v) is 2.82. The van der Waals surface area contributed by atoms with Crippen LogP contribution in [0.1, 0.15) is 15.4 Å². The minimum atomic E-state index is -0.841. The van der Waals surface area contributed by atoms with Crippen LogP contribution in [0.15, 0.2) is 35.7 Å². The van der Waals surface area contributed by atoms with Gasteiger partial charge in [0.05, 0.1) is 13.7 Å². The average Bonchev–Trinajstić information content (AvgIpc) is 3.05. The fraction of sp³-hybridized carbons (Fsp3) is 0.125. The van der Waals surface area contributed by atoms with Gasteiger partial charge in [-0.25, -0.2) is 13.8 Å². The third kappa shape index (κ3) is 3.14. The largest absolute Gasteiger partial charge is 0.496 e. The van der Waals surface area contributed by atoms with Crippen molar-refractivity contribution in [1.82, 2.24) is 10.3 Å². The van der Waals surface area contributed by atoms with Gasteiger partial charge in [0.1, 0.15) is 22.8 Å². The molecule has 4 nitrogen and oxygen atoms in total. The number of methoxy groups -OCH3 is 1. The van der Waals surface area contributed by atoms with E-state index in [2.05, 4.69) is 10.3 Å². The molecule has 0 unspecified atom stereocenters. The van der Waals surface area contributed by atoms with Crippen LogP contribution < -0.4 is 10.1 Å². The summed E-state index contributed by atoms with van der Waals surface area (Å²) in [5.74, 6) is -1.84. The second-order valence-corrected chi connectivity index (χ2v) is 5.79. The van der Waals surface area contributed by atoms with Crippen molar-refractivity contribution in [3.05, 3.63) is 57.9 Å². The maximum absolute atomic E-state index is 13.9. The number of halogens is 2. The molecule has 1 aromatic carbocycles. The van der Waals surface area contributed by atoms with Gasteiger partial charge in [0.25, 0.3) is 5.91 Å². The van der Waals surface area contributed by atoms with E-state index >= 15 is 0 Å². The van der Waals surface area contributed by atoms with Crippen LogP contribution in [0.25, 0.3) is 10.9 Å². The predicted molar refractivity (Wildman–Crippen MR) is 83.7 cm³/mol. The van der Waals surface area contributed by atoms with E-state index in [1.807, 2.05) is 17.5 Å². The second-order valence-electron chi connectivity index (χ2n) is 4.76. The summed E-state index contributed by atoms with van der Waals surface area (Å²) in [6, 6.07) is 6.99.